The zero-order valence-corrected chi connectivity index (χ0v) is 13.1. The van der Waals surface area contributed by atoms with Gasteiger partial charge in [-0.15, -0.1) is 0 Å². The highest BCUT2D eigenvalue weighted by atomic mass is 32.2. The van der Waals surface area contributed by atoms with Gasteiger partial charge < -0.3 is 5.32 Å². The molecule has 0 fully saturated rings. The summed E-state index contributed by atoms with van der Waals surface area (Å²) in [5, 5.41) is 4.61. The van der Waals surface area contributed by atoms with E-state index in [1.807, 2.05) is 11.8 Å². The van der Waals surface area contributed by atoms with E-state index in [0.29, 0.717) is 17.9 Å². The first-order chi connectivity index (χ1) is 9.08. The van der Waals surface area contributed by atoms with Crippen molar-refractivity contribution in [3.05, 3.63) is 29.8 Å². The average molecular weight is 276 g/mol. The highest BCUT2D eigenvalue weighted by Gasteiger charge is 2.19. The van der Waals surface area contributed by atoms with Gasteiger partial charge >= 0.3 is 0 Å². The number of aliphatic imine (C=N–C) groups is 1. The van der Waals surface area contributed by atoms with Crippen LogP contribution in [0.4, 0.5) is 5.69 Å². The Kier molecular flexibility index (Phi) is 4.92. The summed E-state index contributed by atoms with van der Waals surface area (Å²) in [6, 6.07) is 9.00. The summed E-state index contributed by atoms with van der Waals surface area (Å²) in [5.74, 6) is 2.32. The molecule has 3 heteroatoms. The normalized spacial score (nSPS) is 19.7. The Morgan fingerprint density at radius 1 is 1.21 bits per heavy atom. The fraction of sp³-hybridized carbons (Fsp3) is 0.562. The summed E-state index contributed by atoms with van der Waals surface area (Å²) < 4.78 is 0. The van der Waals surface area contributed by atoms with Crippen LogP contribution in [0.3, 0.4) is 0 Å². The molecular formula is C16H24N2S. The SMILES string of the molecule is CC(C)c1ccccc1NC1=NC(C(C)C)CCS1. The molecule has 2 nitrogen and oxygen atoms in total. The maximum atomic E-state index is 4.85. The van der Waals surface area contributed by atoms with Crippen molar-refractivity contribution in [1.82, 2.24) is 0 Å². The zero-order chi connectivity index (χ0) is 13.8. The van der Waals surface area contributed by atoms with Crippen molar-refractivity contribution in [2.75, 3.05) is 11.1 Å². The highest BCUT2D eigenvalue weighted by Crippen LogP contribution is 2.27. The van der Waals surface area contributed by atoms with Gasteiger partial charge in [0.1, 0.15) is 0 Å². The first-order valence-electron chi connectivity index (χ1n) is 7.14. The van der Waals surface area contributed by atoms with Crippen molar-refractivity contribution in [2.45, 2.75) is 46.1 Å². The van der Waals surface area contributed by atoms with Crippen LogP contribution in [0, 0.1) is 5.92 Å². The minimum absolute atomic E-state index is 0.468. The molecule has 104 valence electrons. The Morgan fingerprint density at radius 3 is 2.63 bits per heavy atom. The maximum absolute atomic E-state index is 4.85. The minimum Gasteiger partial charge on any atom is -0.335 e. The van der Waals surface area contributed by atoms with E-state index in [2.05, 4.69) is 57.3 Å². The quantitative estimate of drug-likeness (QED) is 0.862. The Hall–Kier alpha value is -0.960. The summed E-state index contributed by atoms with van der Waals surface area (Å²) in [6.07, 6.45) is 1.19. The lowest BCUT2D eigenvalue weighted by atomic mass is 10.0. The molecule has 0 aromatic heterocycles. The van der Waals surface area contributed by atoms with Gasteiger partial charge in [-0.05, 0) is 29.9 Å². The number of nitrogens with one attached hydrogen (secondary N) is 1. The Labute approximate surface area is 121 Å². The molecule has 0 saturated carbocycles. The van der Waals surface area contributed by atoms with Crippen LogP contribution in [0.25, 0.3) is 0 Å². The molecule has 0 radical (unpaired) electrons. The first-order valence-corrected chi connectivity index (χ1v) is 8.13. The molecule has 0 aliphatic carbocycles. The Bertz CT molecular complexity index is 452. The van der Waals surface area contributed by atoms with Crippen molar-refractivity contribution in [1.29, 1.82) is 0 Å². The molecule has 1 N–H and O–H groups in total. The van der Waals surface area contributed by atoms with Crippen LogP contribution in [-0.4, -0.2) is 17.0 Å². The van der Waals surface area contributed by atoms with Gasteiger partial charge in [-0.2, -0.15) is 0 Å². The molecule has 19 heavy (non-hydrogen) atoms. The lowest BCUT2D eigenvalue weighted by Crippen LogP contribution is -2.24. The van der Waals surface area contributed by atoms with Crippen molar-refractivity contribution in [2.24, 2.45) is 10.9 Å². The second-order valence-corrected chi connectivity index (χ2v) is 6.83. The van der Waals surface area contributed by atoms with Crippen LogP contribution in [0.5, 0.6) is 0 Å². The van der Waals surface area contributed by atoms with Crippen LogP contribution in [0.15, 0.2) is 29.3 Å². The molecule has 2 rings (SSSR count). The summed E-state index contributed by atoms with van der Waals surface area (Å²) in [6.45, 7) is 8.97. The summed E-state index contributed by atoms with van der Waals surface area (Å²) in [5.41, 5.74) is 2.56. The number of para-hydroxylation sites is 1. The van der Waals surface area contributed by atoms with Gasteiger partial charge in [-0.3, -0.25) is 4.99 Å². The largest absolute Gasteiger partial charge is 0.335 e. The van der Waals surface area contributed by atoms with Crippen LogP contribution in [0.2, 0.25) is 0 Å². The van der Waals surface area contributed by atoms with E-state index in [0.717, 1.165) is 5.17 Å². The molecule has 1 atom stereocenters. The number of rotatable bonds is 3. The molecule has 0 spiro atoms. The molecule has 1 aliphatic heterocycles. The smallest absolute Gasteiger partial charge is 0.161 e. The van der Waals surface area contributed by atoms with Crippen molar-refractivity contribution in [3.8, 4) is 0 Å². The highest BCUT2D eigenvalue weighted by molar-refractivity contribution is 8.14. The molecule has 0 amide bonds. The third kappa shape index (κ3) is 3.75. The predicted molar refractivity (Wildman–Crippen MR) is 87.3 cm³/mol. The average Bonchev–Trinajstić information content (AvgIpc) is 2.39. The van der Waals surface area contributed by atoms with Crippen LogP contribution in [-0.2, 0) is 0 Å². The zero-order valence-electron chi connectivity index (χ0n) is 12.3. The number of anilines is 1. The Balaban J connectivity index is 2.17. The lowest BCUT2D eigenvalue weighted by Gasteiger charge is -2.24. The van der Waals surface area contributed by atoms with E-state index in [4.69, 9.17) is 4.99 Å². The summed E-state index contributed by atoms with van der Waals surface area (Å²) in [7, 11) is 0. The second-order valence-electron chi connectivity index (χ2n) is 5.75. The fourth-order valence-corrected chi connectivity index (χ4v) is 3.25. The molecule has 1 aromatic carbocycles. The summed E-state index contributed by atoms with van der Waals surface area (Å²) in [4.78, 5) is 4.85. The molecule has 1 unspecified atom stereocenters. The number of nitrogens with zero attached hydrogens (tertiary/aromatic N) is 1. The Morgan fingerprint density at radius 2 is 1.95 bits per heavy atom. The first kappa shape index (κ1) is 14.4. The van der Waals surface area contributed by atoms with Gasteiger partial charge in [0, 0.05) is 11.4 Å². The van der Waals surface area contributed by atoms with Gasteiger partial charge in [-0.25, -0.2) is 0 Å². The van der Waals surface area contributed by atoms with Crippen molar-refractivity contribution in [3.63, 3.8) is 0 Å². The molecule has 1 aliphatic rings. The third-order valence-electron chi connectivity index (χ3n) is 3.53. The summed E-state index contributed by atoms with van der Waals surface area (Å²) >= 11 is 1.84. The predicted octanol–water partition coefficient (Wildman–Crippen LogP) is 4.74. The van der Waals surface area contributed by atoms with E-state index in [-0.39, 0.29) is 0 Å². The van der Waals surface area contributed by atoms with Crippen LogP contribution >= 0.6 is 11.8 Å². The monoisotopic (exact) mass is 276 g/mol. The van der Waals surface area contributed by atoms with Crippen molar-refractivity contribution < 1.29 is 0 Å². The maximum Gasteiger partial charge on any atom is 0.161 e. The molecule has 1 heterocycles. The third-order valence-corrected chi connectivity index (χ3v) is 4.45. The molecule has 0 saturated heterocycles. The number of thioether (sulfide) groups is 1. The van der Waals surface area contributed by atoms with Gasteiger partial charge in [0.05, 0.1) is 6.04 Å². The minimum atomic E-state index is 0.468. The van der Waals surface area contributed by atoms with E-state index < -0.39 is 0 Å². The molecular weight excluding hydrogens is 252 g/mol. The van der Waals surface area contributed by atoms with E-state index in [1.165, 1.54) is 23.4 Å². The number of benzene rings is 1. The fourth-order valence-electron chi connectivity index (χ4n) is 2.31. The second kappa shape index (κ2) is 6.47. The topological polar surface area (TPSA) is 24.4 Å². The van der Waals surface area contributed by atoms with Crippen LogP contribution < -0.4 is 5.32 Å². The van der Waals surface area contributed by atoms with Gasteiger partial charge in [0.25, 0.3) is 0 Å². The van der Waals surface area contributed by atoms with Gasteiger partial charge in [0.2, 0.25) is 0 Å². The van der Waals surface area contributed by atoms with Gasteiger partial charge in [0.15, 0.2) is 5.17 Å². The number of amidine groups is 1. The van der Waals surface area contributed by atoms with E-state index in [1.54, 1.807) is 0 Å². The molecule has 0 bridgehead atoms. The van der Waals surface area contributed by atoms with Crippen LogP contribution in [0.1, 0.15) is 45.6 Å². The standard InChI is InChI=1S/C16H24N2S/c1-11(2)13-7-5-6-8-15(13)18-16-17-14(12(3)4)9-10-19-16/h5-8,11-12,14H,9-10H2,1-4H3,(H,17,18). The lowest BCUT2D eigenvalue weighted by molar-refractivity contribution is 0.485. The number of hydrogen-bond donors (Lipinski definition) is 1. The van der Waals surface area contributed by atoms with E-state index >= 15 is 0 Å². The van der Waals surface area contributed by atoms with Gasteiger partial charge in [-0.1, -0.05) is 57.7 Å². The molecule has 1 aromatic rings. The van der Waals surface area contributed by atoms with E-state index in [9.17, 15) is 0 Å². The number of hydrogen-bond acceptors (Lipinski definition) is 3. The van der Waals surface area contributed by atoms with Crippen molar-refractivity contribution >= 4 is 22.6 Å².